The molecule has 0 aliphatic rings. The molecule has 0 aliphatic carbocycles. The zero-order chi connectivity index (χ0) is 21.6. The second-order valence-electron chi connectivity index (χ2n) is 6.57. The van der Waals surface area contributed by atoms with Gasteiger partial charge < -0.3 is 10.1 Å². The Hall–Kier alpha value is -2.78. The van der Waals surface area contributed by atoms with E-state index >= 15 is 0 Å². The summed E-state index contributed by atoms with van der Waals surface area (Å²) in [6.45, 7) is 1.45. The van der Waals surface area contributed by atoms with Gasteiger partial charge in [0.1, 0.15) is 5.82 Å². The Morgan fingerprint density at radius 3 is 2.38 bits per heavy atom. The van der Waals surface area contributed by atoms with Crippen LogP contribution in [0.25, 0.3) is 0 Å². The highest BCUT2D eigenvalue weighted by Crippen LogP contribution is 2.18. The van der Waals surface area contributed by atoms with Crippen LogP contribution in [0.4, 0.5) is 4.39 Å². The van der Waals surface area contributed by atoms with E-state index < -0.39 is 28.5 Å². The SMILES string of the molecule is Cc1ccc(S(=O)(=O)N(C)C)cc1C(=O)OCC(=O)NCCc1ccc(F)cc1. The number of aryl methyl sites for hydroxylation is 1. The van der Waals surface area contributed by atoms with Gasteiger partial charge in [-0.25, -0.2) is 21.9 Å². The van der Waals surface area contributed by atoms with Crippen LogP contribution < -0.4 is 5.32 Å². The van der Waals surface area contributed by atoms with Crippen LogP contribution in [-0.2, 0) is 26.0 Å². The number of hydrogen-bond acceptors (Lipinski definition) is 5. The van der Waals surface area contributed by atoms with Gasteiger partial charge in [-0.2, -0.15) is 0 Å². The third-order valence-corrected chi connectivity index (χ3v) is 6.00. The van der Waals surface area contributed by atoms with Crippen LogP contribution in [0.1, 0.15) is 21.5 Å². The summed E-state index contributed by atoms with van der Waals surface area (Å²) in [7, 11) is -0.915. The van der Waals surface area contributed by atoms with E-state index in [1.54, 1.807) is 19.1 Å². The standard InChI is InChI=1S/C20H23FN2O5S/c1-14-4-9-17(29(26,27)23(2)3)12-18(14)20(25)28-13-19(24)22-11-10-15-5-7-16(21)8-6-15/h4-9,12H,10-11,13H2,1-3H3,(H,22,24). The van der Waals surface area contributed by atoms with Crippen LogP contribution in [-0.4, -0.2) is 51.8 Å². The number of esters is 1. The number of hydrogen-bond donors (Lipinski definition) is 1. The molecule has 0 bridgehead atoms. The van der Waals surface area contributed by atoms with Gasteiger partial charge in [0.25, 0.3) is 5.91 Å². The highest BCUT2D eigenvalue weighted by atomic mass is 32.2. The van der Waals surface area contributed by atoms with Gasteiger partial charge in [0.2, 0.25) is 10.0 Å². The smallest absolute Gasteiger partial charge is 0.338 e. The van der Waals surface area contributed by atoms with Crippen molar-refractivity contribution in [3.63, 3.8) is 0 Å². The van der Waals surface area contributed by atoms with Crippen molar-refractivity contribution in [2.24, 2.45) is 0 Å². The minimum absolute atomic E-state index is 0.0381. The fourth-order valence-electron chi connectivity index (χ4n) is 2.45. The van der Waals surface area contributed by atoms with E-state index in [2.05, 4.69) is 5.32 Å². The number of benzene rings is 2. The summed E-state index contributed by atoms with van der Waals surface area (Å²) < 4.78 is 43.4. The Bertz CT molecular complexity index is 988. The number of carbonyl (C=O) groups excluding carboxylic acids is 2. The fraction of sp³-hybridized carbons (Fsp3) is 0.300. The summed E-state index contributed by atoms with van der Waals surface area (Å²) >= 11 is 0. The van der Waals surface area contributed by atoms with Gasteiger partial charge in [0.05, 0.1) is 10.5 Å². The molecule has 0 fully saturated rings. The van der Waals surface area contributed by atoms with Crippen LogP contribution in [0.15, 0.2) is 47.4 Å². The number of rotatable bonds is 8. The molecule has 2 rings (SSSR count). The molecule has 0 atom stereocenters. The first kappa shape index (κ1) is 22.5. The molecule has 2 aromatic rings. The van der Waals surface area contributed by atoms with E-state index in [0.717, 1.165) is 9.87 Å². The van der Waals surface area contributed by atoms with Crippen molar-refractivity contribution in [1.29, 1.82) is 0 Å². The van der Waals surface area contributed by atoms with Crippen molar-refractivity contribution in [3.8, 4) is 0 Å². The molecule has 0 spiro atoms. The lowest BCUT2D eigenvalue weighted by Gasteiger charge is -2.13. The van der Waals surface area contributed by atoms with E-state index in [9.17, 15) is 22.4 Å². The van der Waals surface area contributed by atoms with Gasteiger partial charge in [-0.15, -0.1) is 0 Å². The molecule has 1 N–H and O–H groups in total. The van der Waals surface area contributed by atoms with Gasteiger partial charge in [0.15, 0.2) is 6.61 Å². The third-order valence-electron chi connectivity index (χ3n) is 4.19. The Morgan fingerprint density at radius 1 is 1.10 bits per heavy atom. The van der Waals surface area contributed by atoms with Crippen molar-refractivity contribution in [3.05, 3.63) is 65.0 Å². The Kier molecular flexibility index (Phi) is 7.46. The second-order valence-corrected chi connectivity index (χ2v) is 8.72. The molecule has 156 valence electrons. The van der Waals surface area contributed by atoms with E-state index in [1.807, 2.05) is 0 Å². The van der Waals surface area contributed by atoms with E-state index in [0.29, 0.717) is 18.5 Å². The normalized spacial score (nSPS) is 11.3. The number of amides is 1. The van der Waals surface area contributed by atoms with Crippen LogP contribution >= 0.6 is 0 Å². The molecule has 0 heterocycles. The summed E-state index contributed by atoms with van der Waals surface area (Å²) in [4.78, 5) is 24.1. The lowest BCUT2D eigenvalue weighted by atomic mass is 10.1. The largest absolute Gasteiger partial charge is 0.452 e. The van der Waals surface area contributed by atoms with Gasteiger partial charge in [0, 0.05) is 20.6 Å². The third kappa shape index (κ3) is 6.10. The van der Waals surface area contributed by atoms with Crippen LogP contribution in [0.2, 0.25) is 0 Å². The number of halogens is 1. The number of ether oxygens (including phenoxy) is 1. The molecule has 1 amide bonds. The van der Waals surface area contributed by atoms with Gasteiger partial charge in [-0.3, -0.25) is 4.79 Å². The average Bonchev–Trinajstić information content (AvgIpc) is 2.67. The molecular weight excluding hydrogens is 399 g/mol. The average molecular weight is 422 g/mol. The summed E-state index contributed by atoms with van der Waals surface area (Å²) in [5, 5.41) is 2.61. The van der Waals surface area contributed by atoms with Crippen molar-refractivity contribution >= 4 is 21.9 Å². The van der Waals surface area contributed by atoms with Gasteiger partial charge >= 0.3 is 5.97 Å². The predicted molar refractivity (Wildman–Crippen MR) is 105 cm³/mol. The molecule has 0 aliphatic heterocycles. The maximum absolute atomic E-state index is 12.9. The van der Waals surface area contributed by atoms with Gasteiger partial charge in [-0.1, -0.05) is 18.2 Å². The second kappa shape index (κ2) is 9.62. The number of nitrogens with one attached hydrogen (secondary N) is 1. The van der Waals surface area contributed by atoms with E-state index in [-0.39, 0.29) is 16.3 Å². The van der Waals surface area contributed by atoms with Crippen molar-refractivity contribution < 1.29 is 27.1 Å². The molecule has 0 aromatic heterocycles. The number of sulfonamides is 1. The zero-order valence-corrected chi connectivity index (χ0v) is 17.3. The Labute approximate surface area is 169 Å². The zero-order valence-electron chi connectivity index (χ0n) is 16.4. The number of carbonyl (C=O) groups is 2. The molecule has 0 saturated carbocycles. The van der Waals surface area contributed by atoms with Crippen molar-refractivity contribution in [2.45, 2.75) is 18.2 Å². The molecule has 0 unspecified atom stereocenters. The summed E-state index contributed by atoms with van der Waals surface area (Å²) in [5.41, 5.74) is 1.47. The Balaban J connectivity index is 1.91. The maximum Gasteiger partial charge on any atom is 0.338 e. The molecular formula is C20H23FN2O5S. The minimum atomic E-state index is -3.70. The topological polar surface area (TPSA) is 92.8 Å². The predicted octanol–water partition coefficient (Wildman–Crippen LogP) is 1.90. The molecule has 0 saturated heterocycles. The first-order valence-electron chi connectivity index (χ1n) is 8.82. The summed E-state index contributed by atoms with van der Waals surface area (Å²) in [6, 6.07) is 10.1. The molecule has 2 aromatic carbocycles. The van der Waals surface area contributed by atoms with E-state index in [1.165, 1.54) is 44.4 Å². The molecule has 0 radical (unpaired) electrons. The minimum Gasteiger partial charge on any atom is -0.452 e. The Morgan fingerprint density at radius 2 is 1.76 bits per heavy atom. The monoisotopic (exact) mass is 422 g/mol. The van der Waals surface area contributed by atoms with Gasteiger partial charge in [-0.05, 0) is 48.7 Å². The molecule has 7 nitrogen and oxygen atoms in total. The highest BCUT2D eigenvalue weighted by Gasteiger charge is 2.21. The molecule has 9 heteroatoms. The maximum atomic E-state index is 12.9. The highest BCUT2D eigenvalue weighted by molar-refractivity contribution is 7.89. The fourth-order valence-corrected chi connectivity index (χ4v) is 3.38. The summed E-state index contributed by atoms with van der Waals surface area (Å²) in [5.74, 6) is -1.61. The lowest BCUT2D eigenvalue weighted by molar-refractivity contribution is -0.124. The summed E-state index contributed by atoms with van der Waals surface area (Å²) in [6.07, 6.45) is 0.503. The van der Waals surface area contributed by atoms with Crippen LogP contribution in [0, 0.1) is 12.7 Å². The van der Waals surface area contributed by atoms with E-state index in [4.69, 9.17) is 4.74 Å². The van der Waals surface area contributed by atoms with Crippen LogP contribution in [0.3, 0.4) is 0 Å². The first-order chi connectivity index (χ1) is 13.6. The quantitative estimate of drug-likeness (QED) is 0.656. The van der Waals surface area contributed by atoms with Crippen molar-refractivity contribution in [1.82, 2.24) is 9.62 Å². The first-order valence-corrected chi connectivity index (χ1v) is 10.3. The lowest BCUT2D eigenvalue weighted by Crippen LogP contribution is -2.30. The van der Waals surface area contributed by atoms with Crippen LogP contribution in [0.5, 0.6) is 0 Å². The number of nitrogens with zero attached hydrogens (tertiary/aromatic N) is 1. The molecule has 29 heavy (non-hydrogen) atoms. The van der Waals surface area contributed by atoms with Crippen molar-refractivity contribution in [2.75, 3.05) is 27.2 Å².